The summed E-state index contributed by atoms with van der Waals surface area (Å²) in [5.74, 6) is -1.09. The summed E-state index contributed by atoms with van der Waals surface area (Å²) in [7, 11) is 0. The highest BCUT2D eigenvalue weighted by Gasteiger charge is 2.14. The average Bonchev–Trinajstić information content (AvgIpc) is 3.10. The highest BCUT2D eigenvalue weighted by Crippen LogP contribution is 2.32. The van der Waals surface area contributed by atoms with Gasteiger partial charge in [0.1, 0.15) is 0 Å². The molecular formula is C19H14ClN2O3S-. The Morgan fingerprint density at radius 1 is 1.19 bits per heavy atom. The number of benzene rings is 2. The maximum atomic E-state index is 11.5. The summed E-state index contributed by atoms with van der Waals surface area (Å²) in [6, 6.07) is 14.6. The molecular weight excluding hydrogens is 372 g/mol. The van der Waals surface area contributed by atoms with Gasteiger partial charge in [-0.15, -0.1) is 10.2 Å². The Kier molecular flexibility index (Phi) is 5.75. The molecule has 3 aromatic rings. The summed E-state index contributed by atoms with van der Waals surface area (Å²) in [5, 5.41) is 19.8. The highest BCUT2D eigenvalue weighted by molar-refractivity contribution is 8.03. The van der Waals surface area contributed by atoms with Gasteiger partial charge in [0.25, 0.3) is 5.22 Å². The number of aryl methyl sites for hydroxylation is 1. The third kappa shape index (κ3) is 4.33. The van der Waals surface area contributed by atoms with E-state index in [0.29, 0.717) is 10.6 Å². The van der Waals surface area contributed by atoms with Gasteiger partial charge >= 0.3 is 0 Å². The number of carboxylic acids is 1. The lowest BCUT2D eigenvalue weighted by molar-refractivity contribution is -0.298. The van der Waals surface area contributed by atoms with Crippen molar-refractivity contribution in [2.75, 3.05) is 0 Å². The minimum Gasteiger partial charge on any atom is -0.544 e. The zero-order valence-corrected chi connectivity index (χ0v) is 15.4. The predicted molar refractivity (Wildman–Crippen MR) is 99.4 cm³/mol. The lowest BCUT2D eigenvalue weighted by atomic mass is 10.1. The van der Waals surface area contributed by atoms with Crippen molar-refractivity contribution >= 4 is 35.4 Å². The van der Waals surface area contributed by atoms with E-state index in [0.717, 1.165) is 23.7 Å². The Hall–Kier alpha value is -2.57. The molecule has 0 N–H and O–H groups in total. The molecule has 0 aliphatic heterocycles. The minimum absolute atomic E-state index is 0.0244. The predicted octanol–water partition coefficient (Wildman–Crippen LogP) is 3.84. The van der Waals surface area contributed by atoms with Crippen molar-refractivity contribution in [3.05, 3.63) is 69.6 Å². The molecule has 7 heteroatoms. The molecule has 0 saturated carbocycles. The molecule has 0 aliphatic carbocycles. The van der Waals surface area contributed by atoms with Gasteiger partial charge in [-0.3, -0.25) is 0 Å². The number of hydrogen-bond acceptors (Lipinski definition) is 6. The third-order valence-corrected chi connectivity index (χ3v) is 4.77. The summed E-state index contributed by atoms with van der Waals surface area (Å²) >= 11 is 6.94. The number of aliphatic carboxylic acids is 1. The molecule has 2 aromatic carbocycles. The van der Waals surface area contributed by atoms with Crippen LogP contribution in [0, 0.1) is 0 Å². The fourth-order valence-electron chi connectivity index (χ4n) is 2.22. The maximum absolute atomic E-state index is 11.5. The van der Waals surface area contributed by atoms with E-state index in [1.165, 1.54) is 11.6 Å². The van der Waals surface area contributed by atoms with Gasteiger partial charge in [0, 0.05) is 4.91 Å². The third-order valence-electron chi connectivity index (χ3n) is 3.59. The highest BCUT2D eigenvalue weighted by atomic mass is 35.5. The Morgan fingerprint density at radius 3 is 2.58 bits per heavy atom. The number of carbonyl (C=O) groups is 1. The Balaban J connectivity index is 1.84. The Labute approximate surface area is 159 Å². The van der Waals surface area contributed by atoms with Gasteiger partial charge in [0.05, 0.1) is 16.6 Å². The monoisotopic (exact) mass is 385 g/mol. The molecule has 5 nitrogen and oxygen atoms in total. The van der Waals surface area contributed by atoms with Crippen molar-refractivity contribution in [3.63, 3.8) is 0 Å². The summed E-state index contributed by atoms with van der Waals surface area (Å²) in [4.78, 5) is 11.4. The van der Waals surface area contributed by atoms with Crippen LogP contribution in [0.5, 0.6) is 0 Å². The average molecular weight is 386 g/mol. The first-order valence-corrected chi connectivity index (χ1v) is 9.04. The molecule has 0 amide bonds. The minimum atomic E-state index is -1.31. The van der Waals surface area contributed by atoms with Crippen LogP contribution in [0.4, 0.5) is 0 Å². The molecule has 0 spiro atoms. The van der Waals surface area contributed by atoms with Gasteiger partial charge in [-0.25, -0.2) is 0 Å². The van der Waals surface area contributed by atoms with E-state index in [2.05, 4.69) is 17.1 Å². The van der Waals surface area contributed by atoms with Crippen molar-refractivity contribution in [2.24, 2.45) is 0 Å². The fourth-order valence-corrected chi connectivity index (χ4v) is 3.10. The molecule has 1 aromatic heterocycles. The van der Waals surface area contributed by atoms with Crippen LogP contribution >= 0.6 is 23.4 Å². The van der Waals surface area contributed by atoms with Crippen LogP contribution in [0.3, 0.4) is 0 Å². The summed E-state index contributed by atoms with van der Waals surface area (Å²) in [6.45, 7) is 2.06. The number of nitrogens with zero attached hydrogens (tertiary/aromatic N) is 2. The van der Waals surface area contributed by atoms with E-state index in [4.69, 9.17) is 16.0 Å². The van der Waals surface area contributed by atoms with Crippen molar-refractivity contribution in [1.82, 2.24) is 10.2 Å². The normalized spacial score (nSPS) is 11.5. The van der Waals surface area contributed by atoms with Gasteiger partial charge in [-0.1, -0.05) is 54.9 Å². The van der Waals surface area contributed by atoms with Crippen LogP contribution in [-0.4, -0.2) is 16.2 Å². The number of rotatable bonds is 6. The molecule has 3 rings (SSSR count). The van der Waals surface area contributed by atoms with Gasteiger partial charge in [-0.2, -0.15) is 0 Å². The molecule has 0 unspecified atom stereocenters. The van der Waals surface area contributed by atoms with E-state index >= 15 is 0 Å². The molecule has 0 radical (unpaired) electrons. The summed E-state index contributed by atoms with van der Waals surface area (Å²) < 4.78 is 5.53. The molecule has 0 aliphatic rings. The van der Waals surface area contributed by atoms with Crippen molar-refractivity contribution < 1.29 is 14.3 Å². The van der Waals surface area contributed by atoms with E-state index < -0.39 is 5.97 Å². The Morgan fingerprint density at radius 2 is 1.92 bits per heavy atom. The molecule has 132 valence electrons. The first kappa shape index (κ1) is 18.2. The van der Waals surface area contributed by atoms with E-state index in [1.54, 1.807) is 24.3 Å². The van der Waals surface area contributed by atoms with Gasteiger partial charge in [0.2, 0.25) is 5.89 Å². The van der Waals surface area contributed by atoms with Crippen LogP contribution in [0.1, 0.15) is 18.1 Å². The molecule has 26 heavy (non-hydrogen) atoms. The van der Waals surface area contributed by atoms with E-state index in [-0.39, 0.29) is 16.0 Å². The van der Waals surface area contributed by atoms with Crippen molar-refractivity contribution in [3.8, 4) is 11.5 Å². The zero-order chi connectivity index (χ0) is 18.5. The number of hydrogen-bond donors (Lipinski definition) is 0. The van der Waals surface area contributed by atoms with Gasteiger partial charge < -0.3 is 14.3 Å². The largest absolute Gasteiger partial charge is 0.544 e. The van der Waals surface area contributed by atoms with Crippen LogP contribution in [0.15, 0.2) is 63.1 Å². The SMILES string of the molecule is CCc1ccc(/C=C(/Sc2nnc(-c3ccccc3Cl)o2)C(=O)[O-])cc1. The van der Waals surface area contributed by atoms with Crippen LogP contribution in [-0.2, 0) is 11.2 Å². The molecule has 0 saturated heterocycles. The molecule has 0 fully saturated rings. The number of aromatic nitrogens is 2. The zero-order valence-electron chi connectivity index (χ0n) is 13.8. The Bertz CT molecular complexity index is 951. The summed E-state index contributed by atoms with van der Waals surface area (Å²) in [5.41, 5.74) is 2.51. The lowest BCUT2D eigenvalue weighted by Crippen LogP contribution is -2.23. The van der Waals surface area contributed by atoms with Crippen molar-refractivity contribution in [1.29, 1.82) is 0 Å². The second-order valence-corrected chi connectivity index (χ2v) is 6.75. The molecule has 1 heterocycles. The standard InChI is InChI=1S/C19H15ClN2O3S/c1-2-12-7-9-13(10-8-12)11-16(18(23)24)26-19-22-21-17(25-19)14-5-3-4-6-15(14)20/h3-11H,2H2,1H3,(H,23,24)/p-1/b16-11+. The lowest BCUT2D eigenvalue weighted by Gasteiger charge is -2.06. The number of carbonyl (C=O) groups excluding carboxylic acids is 1. The number of thioether (sulfide) groups is 1. The van der Waals surface area contributed by atoms with Crippen LogP contribution in [0.25, 0.3) is 17.5 Å². The smallest absolute Gasteiger partial charge is 0.281 e. The number of carboxylic acid groups (broad SMARTS) is 1. The van der Waals surface area contributed by atoms with Crippen LogP contribution < -0.4 is 5.11 Å². The van der Waals surface area contributed by atoms with Gasteiger partial charge in [-0.05, 0) is 47.5 Å². The first-order valence-electron chi connectivity index (χ1n) is 7.85. The van der Waals surface area contributed by atoms with Gasteiger partial charge in [0.15, 0.2) is 0 Å². The van der Waals surface area contributed by atoms with E-state index in [9.17, 15) is 9.90 Å². The topological polar surface area (TPSA) is 79.0 Å². The first-order chi connectivity index (χ1) is 12.6. The second-order valence-electron chi connectivity index (χ2n) is 5.35. The van der Waals surface area contributed by atoms with Crippen molar-refractivity contribution in [2.45, 2.75) is 18.6 Å². The quantitative estimate of drug-likeness (QED) is 0.474. The van der Waals surface area contributed by atoms with Crippen LogP contribution in [0.2, 0.25) is 5.02 Å². The van der Waals surface area contributed by atoms with E-state index in [1.807, 2.05) is 24.3 Å². The summed E-state index contributed by atoms with van der Waals surface area (Å²) in [6.07, 6.45) is 2.43. The molecule has 0 bridgehead atoms. The second kappa shape index (κ2) is 8.21. The maximum Gasteiger partial charge on any atom is 0.281 e. The fraction of sp³-hybridized carbons (Fsp3) is 0.105. The number of halogens is 1. The molecule has 0 atom stereocenters.